The molecule has 0 saturated carbocycles. The van der Waals surface area contributed by atoms with Gasteiger partial charge in [-0.2, -0.15) is 0 Å². The van der Waals surface area contributed by atoms with Crippen molar-refractivity contribution in [1.82, 2.24) is 9.88 Å². The number of hydrogen-bond acceptors (Lipinski definition) is 4. The van der Waals surface area contributed by atoms with Gasteiger partial charge in [0.15, 0.2) is 0 Å². The molecule has 0 amide bonds. The first-order valence-corrected chi connectivity index (χ1v) is 8.61. The standard InChI is InChI=1S/C19H22N2O.CH4O/c1-2-13-12-21-10-8-14(13)11-18(21)19(22)16-7-9-20-17-6-4-3-5-15(16)17;1-2/h2-7,9,13-14,18-19,22H,1,8,10-12H2;2H,1H3/t13-,14-,18-,19+;/m0./s1. The largest absolute Gasteiger partial charge is 0.400 e. The Morgan fingerprint density at radius 1 is 1.29 bits per heavy atom. The van der Waals surface area contributed by atoms with E-state index >= 15 is 0 Å². The highest BCUT2D eigenvalue weighted by molar-refractivity contribution is 5.82. The summed E-state index contributed by atoms with van der Waals surface area (Å²) in [7, 11) is 1.00. The van der Waals surface area contributed by atoms with Crippen LogP contribution in [0.5, 0.6) is 0 Å². The minimum Gasteiger partial charge on any atom is -0.400 e. The van der Waals surface area contributed by atoms with E-state index < -0.39 is 6.10 Å². The zero-order chi connectivity index (χ0) is 17.1. The fourth-order valence-electron chi connectivity index (χ4n) is 4.29. The molecule has 3 aliphatic heterocycles. The van der Waals surface area contributed by atoms with Crippen molar-refractivity contribution in [3.05, 3.63) is 54.7 Å². The number of nitrogens with zero attached hydrogens (tertiary/aromatic N) is 2. The van der Waals surface area contributed by atoms with Crippen LogP contribution in [0, 0.1) is 11.8 Å². The summed E-state index contributed by atoms with van der Waals surface area (Å²) >= 11 is 0. The monoisotopic (exact) mass is 326 g/mol. The van der Waals surface area contributed by atoms with Gasteiger partial charge < -0.3 is 10.2 Å². The summed E-state index contributed by atoms with van der Waals surface area (Å²) in [5.74, 6) is 1.27. The van der Waals surface area contributed by atoms with Crippen LogP contribution in [-0.2, 0) is 0 Å². The smallest absolute Gasteiger partial charge is 0.0952 e. The fraction of sp³-hybridized carbons (Fsp3) is 0.450. The van der Waals surface area contributed by atoms with E-state index in [1.165, 1.54) is 6.42 Å². The van der Waals surface area contributed by atoms with Gasteiger partial charge in [-0.1, -0.05) is 24.3 Å². The van der Waals surface area contributed by atoms with Crippen LogP contribution in [-0.4, -0.2) is 46.3 Å². The van der Waals surface area contributed by atoms with Crippen LogP contribution in [0.15, 0.2) is 49.2 Å². The average molecular weight is 326 g/mol. The predicted octanol–water partition coefficient (Wildman–Crippen LogP) is 2.77. The number of hydrogen-bond donors (Lipinski definition) is 2. The molecule has 24 heavy (non-hydrogen) atoms. The molecule has 1 aromatic heterocycles. The van der Waals surface area contributed by atoms with Crippen molar-refractivity contribution in [2.24, 2.45) is 11.8 Å². The van der Waals surface area contributed by atoms with Crippen LogP contribution in [0.1, 0.15) is 24.5 Å². The molecule has 128 valence electrons. The van der Waals surface area contributed by atoms with Crippen LogP contribution in [0.3, 0.4) is 0 Å². The van der Waals surface area contributed by atoms with Crippen LogP contribution in [0.2, 0.25) is 0 Å². The lowest BCUT2D eigenvalue weighted by atomic mass is 9.73. The molecule has 4 heteroatoms. The average Bonchev–Trinajstić information content (AvgIpc) is 2.68. The van der Waals surface area contributed by atoms with Crippen LogP contribution in [0.25, 0.3) is 10.9 Å². The molecule has 1 unspecified atom stereocenters. The first-order valence-electron chi connectivity index (χ1n) is 8.61. The summed E-state index contributed by atoms with van der Waals surface area (Å²) in [5, 5.41) is 19.1. The minimum atomic E-state index is -0.443. The lowest BCUT2D eigenvalue weighted by Crippen LogP contribution is -2.54. The van der Waals surface area contributed by atoms with Crippen molar-refractivity contribution in [2.75, 3.05) is 20.2 Å². The summed E-state index contributed by atoms with van der Waals surface area (Å²) in [4.78, 5) is 6.86. The minimum absolute atomic E-state index is 0.223. The third-order valence-corrected chi connectivity index (χ3v) is 5.52. The van der Waals surface area contributed by atoms with E-state index in [9.17, 15) is 5.11 Å². The SMILES string of the molecule is C=C[C@H]1CN2CC[C@H]1C[C@H]2[C@H](O)c1ccnc2ccccc12.CO. The molecule has 0 spiro atoms. The van der Waals surface area contributed by atoms with Gasteiger partial charge in [0, 0.05) is 31.3 Å². The number of aromatic nitrogens is 1. The molecule has 0 aliphatic carbocycles. The third-order valence-electron chi connectivity index (χ3n) is 5.52. The van der Waals surface area contributed by atoms with E-state index in [2.05, 4.69) is 28.6 Å². The molecule has 3 fully saturated rings. The quantitative estimate of drug-likeness (QED) is 0.852. The Labute approximate surface area is 143 Å². The molecule has 2 bridgehead atoms. The Balaban J connectivity index is 0.000000815. The lowest BCUT2D eigenvalue weighted by Gasteiger charge is -2.50. The number of benzene rings is 1. The van der Waals surface area contributed by atoms with Gasteiger partial charge >= 0.3 is 0 Å². The van der Waals surface area contributed by atoms with Gasteiger partial charge in [0.05, 0.1) is 11.6 Å². The number of aliphatic hydroxyl groups excluding tert-OH is 2. The number of fused-ring (bicyclic) bond motifs is 4. The van der Waals surface area contributed by atoms with Gasteiger partial charge in [-0.05, 0) is 48.9 Å². The fourth-order valence-corrected chi connectivity index (χ4v) is 4.29. The number of pyridine rings is 1. The molecule has 0 radical (unpaired) electrons. The molecule has 3 aliphatic rings. The number of para-hydroxylation sites is 1. The van der Waals surface area contributed by atoms with Crippen molar-refractivity contribution >= 4 is 10.9 Å². The first-order chi connectivity index (χ1) is 11.8. The van der Waals surface area contributed by atoms with Crippen molar-refractivity contribution in [3.8, 4) is 0 Å². The highest BCUT2D eigenvalue weighted by atomic mass is 16.3. The van der Waals surface area contributed by atoms with Crippen LogP contribution < -0.4 is 0 Å². The topological polar surface area (TPSA) is 56.6 Å². The summed E-state index contributed by atoms with van der Waals surface area (Å²) in [6, 6.07) is 10.3. The summed E-state index contributed by atoms with van der Waals surface area (Å²) in [6.45, 7) is 6.11. The molecule has 4 nitrogen and oxygen atoms in total. The Hall–Kier alpha value is -1.75. The van der Waals surface area contributed by atoms with Gasteiger partial charge in [0.1, 0.15) is 0 Å². The molecule has 2 aromatic rings. The Kier molecular flexibility index (Phi) is 5.29. The van der Waals surface area contributed by atoms with Gasteiger partial charge in [0.2, 0.25) is 0 Å². The second-order valence-electron chi connectivity index (χ2n) is 6.61. The highest BCUT2D eigenvalue weighted by Gasteiger charge is 2.42. The molecule has 4 heterocycles. The van der Waals surface area contributed by atoms with E-state index in [0.29, 0.717) is 11.8 Å². The van der Waals surface area contributed by atoms with Gasteiger partial charge in [-0.15, -0.1) is 6.58 Å². The molecular weight excluding hydrogens is 300 g/mol. The zero-order valence-corrected chi connectivity index (χ0v) is 14.2. The molecule has 1 aromatic carbocycles. The normalized spacial score (nSPS) is 29.6. The second kappa shape index (κ2) is 7.43. The highest BCUT2D eigenvalue weighted by Crippen LogP contribution is 2.41. The number of piperidine rings is 3. The van der Waals surface area contributed by atoms with Crippen LogP contribution in [0.4, 0.5) is 0 Å². The van der Waals surface area contributed by atoms with Crippen molar-refractivity contribution in [1.29, 1.82) is 0 Å². The lowest BCUT2D eigenvalue weighted by molar-refractivity contribution is -0.0444. The van der Waals surface area contributed by atoms with E-state index in [0.717, 1.165) is 43.1 Å². The van der Waals surface area contributed by atoms with Gasteiger partial charge in [-0.25, -0.2) is 0 Å². The van der Waals surface area contributed by atoms with Gasteiger partial charge in [0.25, 0.3) is 0 Å². The maximum atomic E-state index is 11.0. The van der Waals surface area contributed by atoms with Crippen molar-refractivity contribution in [3.63, 3.8) is 0 Å². The molecule has 3 saturated heterocycles. The van der Waals surface area contributed by atoms with E-state index in [1.54, 1.807) is 0 Å². The Morgan fingerprint density at radius 2 is 2.08 bits per heavy atom. The number of aliphatic hydroxyl groups is 2. The Morgan fingerprint density at radius 3 is 2.79 bits per heavy atom. The van der Waals surface area contributed by atoms with Crippen LogP contribution >= 0.6 is 0 Å². The zero-order valence-electron chi connectivity index (χ0n) is 14.2. The van der Waals surface area contributed by atoms with E-state index in [1.807, 2.05) is 30.5 Å². The molecule has 5 atom stereocenters. The maximum absolute atomic E-state index is 11.0. The Bertz CT molecular complexity index is 698. The first kappa shape index (κ1) is 17.1. The summed E-state index contributed by atoms with van der Waals surface area (Å²) < 4.78 is 0. The maximum Gasteiger partial charge on any atom is 0.0952 e. The van der Waals surface area contributed by atoms with E-state index in [4.69, 9.17) is 5.11 Å². The number of rotatable bonds is 3. The second-order valence-corrected chi connectivity index (χ2v) is 6.61. The molecule has 5 rings (SSSR count). The summed E-state index contributed by atoms with van der Waals surface area (Å²) in [5.41, 5.74) is 1.97. The van der Waals surface area contributed by atoms with Crippen molar-refractivity contribution < 1.29 is 10.2 Å². The molecular formula is C20H26N2O2. The predicted molar refractivity (Wildman–Crippen MR) is 96.6 cm³/mol. The molecule has 2 N–H and O–H groups in total. The van der Waals surface area contributed by atoms with E-state index in [-0.39, 0.29) is 6.04 Å². The summed E-state index contributed by atoms with van der Waals surface area (Å²) in [6.07, 6.45) is 5.76. The van der Waals surface area contributed by atoms with Gasteiger partial charge in [-0.3, -0.25) is 9.88 Å². The third kappa shape index (κ3) is 2.97. The van der Waals surface area contributed by atoms with Crippen molar-refractivity contribution in [2.45, 2.75) is 25.0 Å².